The number of thioether (sulfide) groups is 1. The van der Waals surface area contributed by atoms with Crippen LogP contribution in [-0.2, 0) is 20.9 Å². The van der Waals surface area contributed by atoms with Gasteiger partial charge in [-0.3, -0.25) is 9.78 Å². The molecule has 0 fully saturated rings. The van der Waals surface area contributed by atoms with Crippen molar-refractivity contribution in [2.24, 2.45) is 4.99 Å². The van der Waals surface area contributed by atoms with E-state index in [0.717, 1.165) is 11.3 Å². The third kappa shape index (κ3) is 5.08. The van der Waals surface area contributed by atoms with Gasteiger partial charge in [0.1, 0.15) is 6.61 Å². The molecule has 9 heteroatoms. The molecule has 0 bridgehead atoms. The molecule has 0 aliphatic carbocycles. The molecule has 2 aliphatic rings. The first-order chi connectivity index (χ1) is 16.5. The van der Waals surface area contributed by atoms with Gasteiger partial charge in [0.2, 0.25) is 5.91 Å². The topological polar surface area (TPSA) is 83.9 Å². The number of halogens is 1. The zero-order valence-electron chi connectivity index (χ0n) is 18.5. The lowest BCUT2D eigenvalue weighted by Gasteiger charge is -2.36. The number of carbonyl (C=O) groups is 2. The standard InChI is InChI=1S/C25H23ClN4O3S/c1-3-12-33-24(32)22-16(2)29-25-30(23(22)19-9-4-5-10-20(19)26)18(15-34-25)13-21(31)28-14-17-8-6-7-11-27-17/h3-11,15,23H,1,12-14H2,2H3,(H,28,31). The summed E-state index contributed by atoms with van der Waals surface area (Å²) in [6.07, 6.45) is 3.30. The Labute approximate surface area is 207 Å². The van der Waals surface area contributed by atoms with Crippen molar-refractivity contribution < 1.29 is 14.3 Å². The van der Waals surface area contributed by atoms with Crippen LogP contribution in [0.2, 0.25) is 5.02 Å². The Bertz CT molecular complexity index is 1210. The van der Waals surface area contributed by atoms with Crippen molar-refractivity contribution in [1.82, 2.24) is 15.2 Å². The molecule has 1 atom stereocenters. The predicted octanol–water partition coefficient (Wildman–Crippen LogP) is 4.75. The summed E-state index contributed by atoms with van der Waals surface area (Å²) in [6.45, 7) is 5.79. The number of aliphatic imine (C=N–C) groups is 1. The molecule has 0 radical (unpaired) electrons. The van der Waals surface area contributed by atoms with Gasteiger partial charge in [-0.1, -0.05) is 60.3 Å². The Morgan fingerprint density at radius 2 is 2.06 bits per heavy atom. The van der Waals surface area contributed by atoms with Crippen molar-refractivity contribution in [2.75, 3.05) is 6.61 Å². The van der Waals surface area contributed by atoms with Crippen LogP contribution in [-0.4, -0.2) is 33.5 Å². The number of aromatic nitrogens is 1. The molecule has 34 heavy (non-hydrogen) atoms. The lowest BCUT2D eigenvalue weighted by molar-refractivity contribution is -0.138. The van der Waals surface area contributed by atoms with Crippen LogP contribution in [0.4, 0.5) is 0 Å². The molecule has 7 nitrogen and oxygen atoms in total. The van der Waals surface area contributed by atoms with Crippen molar-refractivity contribution in [1.29, 1.82) is 0 Å². The van der Waals surface area contributed by atoms with E-state index in [2.05, 4.69) is 21.9 Å². The average molecular weight is 495 g/mol. The van der Waals surface area contributed by atoms with Gasteiger partial charge in [0.25, 0.3) is 0 Å². The number of esters is 1. The van der Waals surface area contributed by atoms with Gasteiger partial charge < -0.3 is 15.0 Å². The maximum absolute atomic E-state index is 13.1. The Hall–Kier alpha value is -3.36. The van der Waals surface area contributed by atoms with Gasteiger partial charge in [0.15, 0.2) is 5.17 Å². The summed E-state index contributed by atoms with van der Waals surface area (Å²) in [5.41, 5.74) is 3.14. The van der Waals surface area contributed by atoms with Crippen LogP contribution >= 0.6 is 23.4 Å². The number of benzene rings is 1. The minimum absolute atomic E-state index is 0.0782. The molecule has 0 spiro atoms. The molecule has 3 heterocycles. The number of hydrogen-bond donors (Lipinski definition) is 1. The van der Waals surface area contributed by atoms with Crippen molar-refractivity contribution in [2.45, 2.75) is 25.9 Å². The maximum atomic E-state index is 13.1. The monoisotopic (exact) mass is 494 g/mol. The van der Waals surface area contributed by atoms with Gasteiger partial charge >= 0.3 is 5.97 Å². The number of hydrogen-bond acceptors (Lipinski definition) is 7. The third-order valence-corrected chi connectivity index (χ3v) is 6.52. The summed E-state index contributed by atoms with van der Waals surface area (Å²) in [5, 5.41) is 5.96. The van der Waals surface area contributed by atoms with Gasteiger partial charge in [-0.15, -0.1) is 0 Å². The number of fused-ring (bicyclic) bond motifs is 1. The minimum Gasteiger partial charge on any atom is -0.458 e. The zero-order valence-corrected chi connectivity index (χ0v) is 20.1. The molecule has 1 N–H and O–H groups in total. The summed E-state index contributed by atoms with van der Waals surface area (Å²) >= 11 is 7.98. The van der Waals surface area contributed by atoms with Crippen LogP contribution in [0.3, 0.4) is 0 Å². The molecule has 0 saturated carbocycles. The maximum Gasteiger partial charge on any atom is 0.338 e. The lowest BCUT2D eigenvalue weighted by atomic mass is 9.93. The fourth-order valence-corrected chi connectivity index (χ4v) is 4.96. The van der Waals surface area contributed by atoms with Crippen molar-refractivity contribution in [3.63, 3.8) is 0 Å². The number of rotatable bonds is 8. The van der Waals surface area contributed by atoms with Crippen molar-refractivity contribution in [3.8, 4) is 0 Å². The number of amidine groups is 1. The Morgan fingerprint density at radius 3 is 2.79 bits per heavy atom. The molecule has 1 aromatic carbocycles. The molecule has 2 aromatic rings. The van der Waals surface area contributed by atoms with Crippen LogP contribution in [0.25, 0.3) is 0 Å². The fourth-order valence-electron chi connectivity index (χ4n) is 3.75. The van der Waals surface area contributed by atoms with Gasteiger partial charge in [-0.2, -0.15) is 0 Å². The predicted molar refractivity (Wildman–Crippen MR) is 134 cm³/mol. The van der Waals surface area contributed by atoms with E-state index in [4.69, 9.17) is 16.3 Å². The Morgan fingerprint density at radius 1 is 1.26 bits per heavy atom. The second-order valence-corrected chi connectivity index (χ2v) is 8.82. The number of pyridine rings is 1. The highest BCUT2D eigenvalue weighted by molar-refractivity contribution is 8.16. The molecule has 174 valence electrons. The summed E-state index contributed by atoms with van der Waals surface area (Å²) in [6, 6.07) is 12.3. The van der Waals surface area contributed by atoms with E-state index in [0.29, 0.717) is 33.7 Å². The number of ether oxygens (including phenoxy) is 1. The van der Waals surface area contributed by atoms with Crippen LogP contribution in [0, 0.1) is 0 Å². The lowest BCUT2D eigenvalue weighted by Crippen LogP contribution is -2.38. The number of allylic oxidation sites excluding steroid dienone is 1. The minimum atomic E-state index is -0.580. The Balaban J connectivity index is 1.62. The first kappa shape index (κ1) is 23.8. The van der Waals surface area contributed by atoms with Crippen LogP contribution in [0.15, 0.2) is 88.7 Å². The van der Waals surface area contributed by atoms with E-state index < -0.39 is 12.0 Å². The van der Waals surface area contributed by atoms with Gasteiger partial charge in [0.05, 0.1) is 36.0 Å². The second-order valence-electron chi connectivity index (χ2n) is 7.58. The van der Waals surface area contributed by atoms with Gasteiger partial charge in [-0.05, 0) is 36.1 Å². The number of amides is 1. The summed E-state index contributed by atoms with van der Waals surface area (Å²) in [4.78, 5) is 36.6. The Kier molecular flexibility index (Phi) is 7.49. The van der Waals surface area contributed by atoms with E-state index in [9.17, 15) is 9.59 Å². The first-order valence-electron chi connectivity index (χ1n) is 10.6. The van der Waals surface area contributed by atoms with Crippen LogP contribution < -0.4 is 5.32 Å². The van der Waals surface area contributed by atoms with Crippen molar-refractivity contribution in [3.05, 3.63) is 100.0 Å². The molecule has 2 aliphatic heterocycles. The van der Waals surface area contributed by atoms with E-state index in [1.54, 1.807) is 19.2 Å². The summed E-state index contributed by atoms with van der Waals surface area (Å²) in [5.74, 6) is -0.667. The SMILES string of the molecule is C=CCOC(=O)C1=C(C)N=C2SC=C(CC(=O)NCc3ccccn3)N2C1c1ccccc1Cl. The molecule has 1 aromatic heterocycles. The molecule has 1 amide bonds. The van der Waals surface area contributed by atoms with Gasteiger partial charge in [-0.25, -0.2) is 9.79 Å². The van der Waals surface area contributed by atoms with Crippen LogP contribution in [0.1, 0.15) is 30.6 Å². The fraction of sp³-hybridized carbons (Fsp3) is 0.200. The van der Waals surface area contributed by atoms with Gasteiger partial charge in [0, 0.05) is 16.9 Å². The molecular formula is C25H23ClN4O3S. The van der Waals surface area contributed by atoms with E-state index in [1.165, 1.54) is 17.8 Å². The highest BCUT2D eigenvalue weighted by Crippen LogP contribution is 2.46. The summed E-state index contributed by atoms with van der Waals surface area (Å²) < 4.78 is 5.38. The van der Waals surface area contributed by atoms with E-state index in [1.807, 2.05) is 46.7 Å². The molecule has 4 rings (SSSR count). The highest BCUT2D eigenvalue weighted by Gasteiger charge is 2.41. The third-order valence-electron chi connectivity index (χ3n) is 5.29. The molecule has 1 unspecified atom stereocenters. The molecule has 0 saturated heterocycles. The zero-order chi connectivity index (χ0) is 24.1. The quantitative estimate of drug-likeness (QED) is 0.421. The first-order valence-corrected chi connectivity index (χ1v) is 11.9. The number of carbonyl (C=O) groups excluding carboxylic acids is 2. The van der Waals surface area contributed by atoms with Crippen molar-refractivity contribution >= 4 is 40.4 Å². The average Bonchev–Trinajstić information content (AvgIpc) is 3.23. The van der Waals surface area contributed by atoms with E-state index >= 15 is 0 Å². The largest absolute Gasteiger partial charge is 0.458 e. The number of nitrogens with zero attached hydrogens (tertiary/aromatic N) is 3. The van der Waals surface area contributed by atoms with E-state index in [-0.39, 0.29) is 18.9 Å². The second kappa shape index (κ2) is 10.7. The normalized spacial score (nSPS) is 17.0. The highest BCUT2D eigenvalue weighted by atomic mass is 35.5. The summed E-state index contributed by atoms with van der Waals surface area (Å²) in [7, 11) is 0. The number of nitrogens with one attached hydrogen (secondary N) is 1. The smallest absolute Gasteiger partial charge is 0.338 e. The molecular weight excluding hydrogens is 472 g/mol. The van der Waals surface area contributed by atoms with Crippen LogP contribution in [0.5, 0.6) is 0 Å².